The van der Waals surface area contributed by atoms with E-state index in [2.05, 4.69) is 4.98 Å². The molecule has 1 aromatic heterocycles. The van der Waals surface area contributed by atoms with Crippen molar-refractivity contribution in [1.29, 1.82) is 0 Å². The third-order valence-electron chi connectivity index (χ3n) is 2.80. The van der Waals surface area contributed by atoms with E-state index in [1.165, 1.54) is 0 Å². The normalized spacial score (nSPS) is 19.5. The van der Waals surface area contributed by atoms with Gasteiger partial charge in [0.2, 0.25) is 5.88 Å². The van der Waals surface area contributed by atoms with Crippen LogP contribution in [0.3, 0.4) is 0 Å². The number of pyridine rings is 1. The van der Waals surface area contributed by atoms with Crippen LogP contribution in [0.2, 0.25) is 0 Å². The van der Waals surface area contributed by atoms with Crippen LogP contribution < -0.4 is 4.74 Å². The molecule has 1 aromatic rings. The Hall–Kier alpha value is -1.29. The molecule has 2 heterocycles. The van der Waals surface area contributed by atoms with Crippen LogP contribution >= 0.6 is 11.6 Å². The second-order valence-electron chi connectivity index (χ2n) is 3.92. The number of alkyl halides is 1. The van der Waals surface area contributed by atoms with Crippen LogP contribution in [0.4, 0.5) is 0 Å². The maximum atomic E-state index is 12.2. The van der Waals surface area contributed by atoms with Crippen molar-refractivity contribution in [3.63, 3.8) is 0 Å². The fourth-order valence-corrected chi connectivity index (χ4v) is 2.13. The van der Waals surface area contributed by atoms with E-state index in [0.717, 1.165) is 0 Å². The third kappa shape index (κ3) is 2.52. The summed E-state index contributed by atoms with van der Waals surface area (Å²) in [6.45, 7) is 3.19. The van der Waals surface area contributed by atoms with Crippen LogP contribution in [-0.2, 0) is 0 Å². The molecule has 17 heavy (non-hydrogen) atoms. The molecule has 0 saturated heterocycles. The predicted molar refractivity (Wildman–Crippen MR) is 65.6 cm³/mol. The van der Waals surface area contributed by atoms with Gasteiger partial charge in [0.15, 0.2) is 0 Å². The molecule has 1 amide bonds. The first-order valence-electron chi connectivity index (χ1n) is 5.73. The van der Waals surface area contributed by atoms with Gasteiger partial charge in [-0.05, 0) is 25.5 Å². The van der Waals surface area contributed by atoms with Crippen molar-refractivity contribution in [2.75, 3.05) is 19.0 Å². The molecule has 0 N–H and O–H groups in total. The zero-order valence-corrected chi connectivity index (χ0v) is 10.5. The van der Waals surface area contributed by atoms with E-state index < -0.39 is 0 Å². The number of nitrogens with zero attached hydrogens (tertiary/aromatic N) is 2. The second-order valence-corrected chi connectivity index (χ2v) is 4.30. The number of amides is 1. The molecule has 4 nitrogen and oxygen atoms in total. The number of fused-ring (bicyclic) bond motifs is 1. The van der Waals surface area contributed by atoms with E-state index in [1.54, 1.807) is 23.2 Å². The molecule has 2 rings (SSSR count). The van der Waals surface area contributed by atoms with Crippen molar-refractivity contribution in [3.8, 4) is 5.88 Å². The van der Waals surface area contributed by atoms with E-state index in [0.29, 0.717) is 36.8 Å². The first kappa shape index (κ1) is 12.2. The molecular weight excluding hydrogens is 240 g/mol. The average Bonchev–Trinajstić information content (AvgIpc) is 2.48. The first-order valence-corrected chi connectivity index (χ1v) is 6.26. The van der Waals surface area contributed by atoms with E-state index >= 15 is 0 Å². The Morgan fingerprint density at radius 2 is 2.47 bits per heavy atom. The van der Waals surface area contributed by atoms with E-state index in [9.17, 15) is 4.79 Å². The Morgan fingerprint density at radius 1 is 1.65 bits per heavy atom. The molecule has 5 heteroatoms. The van der Waals surface area contributed by atoms with Crippen LogP contribution in [0, 0.1) is 0 Å². The lowest BCUT2D eigenvalue weighted by molar-refractivity contribution is 0.0719. The summed E-state index contributed by atoms with van der Waals surface area (Å²) >= 11 is 5.74. The zero-order chi connectivity index (χ0) is 12.3. The summed E-state index contributed by atoms with van der Waals surface area (Å²) in [5, 5.41) is 0. The maximum absolute atomic E-state index is 12.2. The lowest BCUT2D eigenvalue weighted by atomic mass is 10.2. The molecule has 0 aromatic carbocycles. The Bertz CT molecular complexity index is 411. The summed E-state index contributed by atoms with van der Waals surface area (Å²) < 4.78 is 5.74. The van der Waals surface area contributed by atoms with Gasteiger partial charge in [-0.3, -0.25) is 4.79 Å². The number of hydrogen-bond donors (Lipinski definition) is 0. The largest absolute Gasteiger partial charge is 0.472 e. The SMILES string of the molecule is CCN1CC(CCCl)Oc2ncccc2C1=O. The van der Waals surface area contributed by atoms with Gasteiger partial charge in [0.25, 0.3) is 5.91 Å². The van der Waals surface area contributed by atoms with Gasteiger partial charge >= 0.3 is 0 Å². The third-order valence-corrected chi connectivity index (χ3v) is 3.02. The molecular formula is C12H15ClN2O2. The van der Waals surface area contributed by atoms with E-state index in [1.807, 2.05) is 6.92 Å². The number of aromatic nitrogens is 1. The van der Waals surface area contributed by atoms with Crippen LogP contribution in [-0.4, -0.2) is 40.9 Å². The van der Waals surface area contributed by atoms with Crippen molar-refractivity contribution in [1.82, 2.24) is 9.88 Å². The van der Waals surface area contributed by atoms with E-state index in [-0.39, 0.29) is 12.0 Å². The molecule has 1 aliphatic rings. The topological polar surface area (TPSA) is 42.4 Å². The molecule has 0 radical (unpaired) electrons. The number of carbonyl (C=O) groups excluding carboxylic acids is 1. The standard InChI is InChI=1S/C12H15ClN2O2/c1-2-15-8-9(5-6-13)17-11-10(12(15)16)4-3-7-14-11/h3-4,7,9H,2,5-6,8H2,1H3. The molecule has 0 aliphatic carbocycles. The van der Waals surface area contributed by atoms with Crippen molar-refractivity contribution >= 4 is 17.5 Å². The number of hydrogen-bond acceptors (Lipinski definition) is 3. The van der Waals surface area contributed by atoms with Gasteiger partial charge in [-0.15, -0.1) is 11.6 Å². The molecule has 92 valence electrons. The molecule has 1 atom stereocenters. The number of likely N-dealkylation sites (N-methyl/N-ethyl adjacent to an activating group) is 1. The highest BCUT2D eigenvalue weighted by atomic mass is 35.5. The lowest BCUT2D eigenvalue weighted by Crippen LogP contribution is -2.37. The van der Waals surface area contributed by atoms with Crippen molar-refractivity contribution in [2.24, 2.45) is 0 Å². The fraction of sp³-hybridized carbons (Fsp3) is 0.500. The maximum Gasteiger partial charge on any atom is 0.259 e. The highest BCUT2D eigenvalue weighted by molar-refractivity contribution is 6.17. The van der Waals surface area contributed by atoms with Crippen LogP contribution in [0.5, 0.6) is 5.88 Å². The van der Waals surface area contributed by atoms with Gasteiger partial charge in [0.1, 0.15) is 11.7 Å². The minimum atomic E-state index is -0.0763. The monoisotopic (exact) mass is 254 g/mol. The lowest BCUT2D eigenvalue weighted by Gasteiger charge is -2.21. The Balaban J connectivity index is 2.33. The van der Waals surface area contributed by atoms with Gasteiger partial charge in [-0.2, -0.15) is 0 Å². The van der Waals surface area contributed by atoms with Crippen LogP contribution in [0.15, 0.2) is 18.3 Å². The molecule has 1 unspecified atom stereocenters. The fourth-order valence-electron chi connectivity index (χ4n) is 1.89. The average molecular weight is 255 g/mol. The molecule has 0 bridgehead atoms. The van der Waals surface area contributed by atoms with Crippen LogP contribution in [0.25, 0.3) is 0 Å². The molecule has 0 fully saturated rings. The van der Waals surface area contributed by atoms with Gasteiger partial charge < -0.3 is 9.64 Å². The van der Waals surface area contributed by atoms with Gasteiger partial charge in [-0.25, -0.2) is 4.98 Å². The number of rotatable bonds is 3. The summed E-state index contributed by atoms with van der Waals surface area (Å²) in [4.78, 5) is 18.1. The highest BCUT2D eigenvalue weighted by Gasteiger charge is 2.28. The van der Waals surface area contributed by atoms with Gasteiger partial charge in [0.05, 0.1) is 6.54 Å². The van der Waals surface area contributed by atoms with Gasteiger partial charge in [0, 0.05) is 18.6 Å². The number of halogens is 1. The van der Waals surface area contributed by atoms with E-state index in [4.69, 9.17) is 16.3 Å². The highest BCUT2D eigenvalue weighted by Crippen LogP contribution is 2.23. The second kappa shape index (κ2) is 5.36. The van der Waals surface area contributed by atoms with Gasteiger partial charge in [-0.1, -0.05) is 0 Å². The van der Waals surface area contributed by atoms with Crippen molar-refractivity contribution in [3.05, 3.63) is 23.9 Å². The van der Waals surface area contributed by atoms with Crippen molar-refractivity contribution in [2.45, 2.75) is 19.4 Å². The minimum absolute atomic E-state index is 0.0207. The molecule has 0 spiro atoms. The molecule has 1 aliphatic heterocycles. The zero-order valence-electron chi connectivity index (χ0n) is 9.73. The Morgan fingerprint density at radius 3 is 3.18 bits per heavy atom. The summed E-state index contributed by atoms with van der Waals surface area (Å²) in [5.41, 5.74) is 0.534. The summed E-state index contributed by atoms with van der Waals surface area (Å²) in [6.07, 6.45) is 2.26. The van der Waals surface area contributed by atoms with Crippen LogP contribution in [0.1, 0.15) is 23.7 Å². The smallest absolute Gasteiger partial charge is 0.259 e. The Labute approximate surface area is 106 Å². The first-order chi connectivity index (χ1) is 8.26. The Kier molecular flexibility index (Phi) is 3.84. The number of carbonyl (C=O) groups is 1. The number of ether oxygens (including phenoxy) is 1. The predicted octanol–water partition coefficient (Wildman–Crippen LogP) is 1.93. The summed E-state index contributed by atoms with van der Waals surface area (Å²) in [6, 6.07) is 3.49. The minimum Gasteiger partial charge on any atom is -0.472 e. The summed E-state index contributed by atoms with van der Waals surface area (Å²) in [7, 11) is 0. The summed E-state index contributed by atoms with van der Waals surface area (Å²) in [5.74, 6) is 0.912. The van der Waals surface area contributed by atoms with Crippen molar-refractivity contribution < 1.29 is 9.53 Å². The quantitative estimate of drug-likeness (QED) is 0.774. The molecule has 0 saturated carbocycles.